The Labute approximate surface area is 105 Å². The van der Waals surface area contributed by atoms with E-state index in [0.717, 1.165) is 0 Å². The maximum Gasteiger partial charge on any atom is 0.323 e. The summed E-state index contributed by atoms with van der Waals surface area (Å²) in [6, 6.07) is 2.93. The van der Waals surface area contributed by atoms with Gasteiger partial charge in [-0.3, -0.25) is 9.59 Å². The van der Waals surface area contributed by atoms with Crippen molar-refractivity contribution in [2.24, 2.45) is 5.41 Å². The molecule has 5 nitrogen and oxygen atoms in total. The van der Waals surface area contributed by atoms with Crippen molar-refractivity contribution in [3.63, 3.8) is 0 Å². The maximum atomic E-state index is 11.8. The molecular formula is C13H17NO4. The molecule has 1 aliphatic rings. The van der Waals surface area contributed by atoms with Crippen molar-refractivity contribution in [2.75, 3.05) is 0 Å². The molecule has 1 aromatic rings. The van der Waals surface area contributed by atoms with Crippen LogP contribution in [0.2, 0.25) is 0 Å². The lowest BCUT2D eigenvalue weighted by Gasteiger charge is -2.35. The van der Waals surface area contributed by atoms with Crippen LogP contribution < -0.4 is 5.56 Å². The average Bonchev–Trinajstić information content (AvgIpc) is 2.20. The molecule has 0 saturated heterocycles. The van der Waals surface area contributed by atoms with E-state index in [-0.39, 0.29) is 17.5 Å². The summed E-state index contributed by atoms with van der Waals surface area (Å²) in [6.07, 6.45) is 0.581. The molecule has 0 aromatic carbocycles. The number of carbonyl (C=O) groups is 1. The van der Waals surface area contributed by atoms with Gasteiger partial charge in [-0.15, -0.1) is 0 Å². The second-order valence-electron chi connectivity index (χ2n) is 5.61. The molecule has 0 unspecified atom stereocenters. The molecule has 18 heavy (non-hydrogen) atoms. The van der Waals surface area contributed by atoms with Gasteiger partial charge >= 0.3 is 5.97 Å². The molecule has 1 aromatic heterocycles. The molecule has 1 atom stereocenters. The highest BCUT2D eigenvalue weighted by atomic mass is 16.4. The van der Waals surface area contributed by atoms with Crippen LogP contribution >= 0.6 is 0 Å². The minimum Gasteiger partial charge on any atom is -0.480 e. The Morgan fingerprint density at radius 1 is 1.50 bits per heavy atom. The van der Waals surface area contributed by atoms with E-state index in [1.807, 2.05) is 13.8 Å². The molecule has 98 valence electrons. The van der Waals surface area contributed by atoms with Crippen molar-refractivity contribution in [1.82, 2.24) is 4.57 Å². The lowest BCUT2D eigenvalue weighted by Crippen LogP contribution is -2.35. The Balaban J connectivity index is 2.58. The highest BCUT2D eigenvalue weighted by Gasteiger charge is 2.33. The predicted molar refractivity (Wildman–Crippen MR) is 65.4 cm³/mol. The fraction of sp³-hybridized carbons (Fsp3) is 0.538. The SMILES string of the molecule is CC1(C)Cc2c(ccc(=O)n2CC(=O)O)[C@H](O)C1. The maximum absolute atomic E-state index is 11.8. The quantitative estimate of drug-likeness (QED) is 0.819. The van der Waals surface area contributed by atoms with Gasteiger partial charge in [0.1, 0.15) is 6.54 Å². The summed E-state index contributed by atoms with van der Waals surface area (Å²) in [5.41, 5.74) is 0.852. The van der Waals surface area contributed by atoms with Crippen molar-refractivity contribution in [1.29, 1.82) is 0 Å². The number of carboxylic acid groups (broad SMARTS) is 1. The van der Waals surface area contributed by atoms with E-state index in [1.54, 1.807) is 6.07 Å². The number of aliphatic hydroxyl groups excluding tert-OH is 1. The van der Waals surface area contributed by atoms with E-state index in [4.69, 9.17) is 5.11 Å². The molecule has 0 spiro atoms. The summed E-state index contributed by atoms with van der Waals surface area (Å²) < 4.78 is 1.25. The predicted octanol–water partition coefficient (Wildman–Crippen LogP) is 0.939. The van der Waals surface area contributed by atoms with Gasteiger partial charge in [-0.1, -0.05) is 13.8 Å². The Bertz CT molecular complexity index is 544. The Morgan fingerprint density at radius 3 is 2.78 bits per heavy atom. The first kappa shape index (κ1) is 12.8. The van der Waals surface area contributed by atoms with Crippen molar-refractivity contribution in [2.45, 2.75) is 39.3 Å². The summed E-state index contributed by atoms with van der Waals surface area (Å²) in [7, 11) is 0. The lowest BCUT2D eigenvalue weighted by molar-refractivity contribution is -0.137. The zero-order valence-electron chi connectivity index (χ0n) is 10.5. The van der Waals surface area contributed by atoms with E-state index in [0.29, 0.717) is 24.1 Å². The number of hydrogen-bond donors (Lipinski definition) is 2. The van der Waals surface area contributed by atoms with Gasteiger partial charge in [-0.2, -0.15) is 0 Å². The molecule has 1 aliphatic carbocycles. The molecule has 0 amide bonds. The van der Waals surface area contributed by atoms with Gasteiger partial charge in [0.15, 0.2) is 0 Å². The van der Waals surface area contributed by atoms with Crippen molar-refractivity contribution < 1.29 is 15.0 Å². The van der Waals surface area contributed by atoms with Gasteiger partial charge in [-0.25, -0.2) is 0 Å². The van der Waals surface area contributed by atoms with Crippen molar-refractivity contribution >= 4 is 5.97 Å². The smallest absolute Gasteiger partial charge is 0.323 e. The van der Waals surface area contributed by atoms with Crippen LogP contribution in [0.3, 0.4) is 0 Å². The Hall–Kier alpha value is -1.62. The minimum atomic E-state index is -1.05. The van der Waals surface area contributed by atoms with E-state index >= 15 is 0 Å². The van der Waals surface area contributed by atoms with Gasteiger partial charge < -0.3 is 14.8 Å². The van der Waals surface area contributed by atoms with Crippen LogP contribution in [0.25, 0.3) is 0 Å². The van der Waals surface area contributed by atoms with Crippen LogP contribution in [0.5, 0.6) is 0 Å². The Morgan fingerprint density at radius 2 is 2.17 bits per heavy atom. The van der Waals surface area contributed by atoms with Gasteiger partial charge in [0.05, 0.1) is 6.10 Å². The first-order valence-electron chi connectivity index (χ1n) is 5.93. The first-order chi connectivity index (χ1) is 8.30. The van der Waals surface area contributed by atoms with Gasteiger partial charge in [0.2, 0.25) is 0 Å². The van der Waals surface area contributed by atoms with Gasteiger partial charge in [0.25, 0.3) is 5.56 Å². The third kappa shape index (κ3) is 2.31. The van der Waals surface area contributed by atoms with Crippen LogP contribution in [0.4, 0.5) is 0 Å². The minimum absolute atomic E-state index is 0.138. The molecule has 0 aliphatic heterocycles. The fourth-order valence-corrected chi connectivity index (χ4v) is 2.60. The zero-order valence-corrected chi connectivity index (χ0v) is 10.5. The van der Waals surface area contributed by atoms with E-state index in [1.165, 1.54) is 10.6 Å². The molecule has 2 rings (SSSR count). The normalized spacial score (nSPS) is 21.4. The second-order valence-corrected chi connectivity index (χ2v) is 5.61. The van der Waals surface area contributed by atoms with E-state index < -0.39 is 12.1 Å². The van der Waals surface area contributed by atoms with Crippen molar-refractivity contribution in [3.8, 4) is 0 Å². The third-order valence-corrected chi connectivity index (χ3v) is 3.37. The first-order valence-corrected chi connectivity index (χ1v) is 5.93. The number of carboxylic acids is 1. The number of aliphatic hydroxyl groups is 1. The molecule has 0 bridgehead atoms. The van der Waals surface area contributed by atoms with Crippen molar-refractivity contribution in [3.05, 3.63) is 33.7 Å². The fourth-order valence-electron chi connectivity index (χ4n) is 2.60. The lowest BCUT2D eigenvalue weighted by atomic mass is 9.75. The molecule has 0 saturated carbocycles. The van der Waals surface area contributed by atoms with Gasteiger partial charge in [-0.05, 0) is 24.3 Å². The van der Waals surface area contributed by atoms with Crippen LogP contribution in [0.15, 0.2) is 16.9 Å². The summed E-state index contributed by atoms with van der Waals surface area (Å²) in [4.78, 5) is 22.6. The number of fused-ring (bicyclic) bond motifs is 1. The van der Waals surface area contributed by atoms with Crippen LogP contribution in [0, 0.1) is 5.41 Å². The summed E-state index contributed by atoms with van der Waals surface area (Å²) in [5.74, 6) is -1.05. The Kier molecular flexibility index (Phi) is 3.02. The van der Waals surface area contributed by atoms with Crippen LogP contribution in [-0.2, 0) is 17.8 Å². The summed E-state index contributed by atoms with van der Waals surface area (Å²) in [6.45, 7) is 3.65. The monoisotopic (exact) mass is 251 g/mol. The summed E-state index contributed by atoms with van der Waals surface area (Å²) in [5, 5.41) is 19.0. The molecule has 5 heteroatoms. The number of aliphatic carboxylic acids is 1. The molecule has 2 N–H and O–H groups in total. The highest BCUT2D eigenvalue weighted by Crippen LogP contribution is 2.39. The third-order valence-electron chi connectivity index (χ3n) is 3.37. The zero-order chi connectivity index (χ0) is 13.5. The molecule has 0 radical (unpaired) electrons. The number of hydrogen-bond acceptors (Lipinski definition) is 3. The van der Waals surface area contributed by atoms with Crippen LogP contribution in [-0.4, -0.2) is 20.7 Å². The summed E-state index contributed by atoms with van der Waals surface area (Å²) >= 11 is 0. The average molecular weight is 251 g/mol. The molecule has 0 fully saturated rings. The molecular weight excluding hydrogens is 234 g/mol. The van der Waals surface area contributed by atoms with E-state index in [9.17, 15) is 14.7 Å². The molecule has 1 heterocycles. The van der Waals surface area contributed by atoms with Crippen LogP contribution in [0.1, 0.15) is 37.6 Å². The number of rotatable bonds is 2. The largest absolute Gasteiger partial charge is 0.480 e. The topological polar surface area (TPSA) is 79.5 Å². The van der Waals surface area contributed by atoms with Gasteiger partial charge in [0, 0.05) is 17.3 Å². The highest BCUT2D eigenvalue weighted by molar-refractivity contribution is 5.66. The standard InChI is InChI=1S/C13H17NO4/c1-13(2)5-9-8(10(15)6-13)3-4-11(16)14(9)7-12(17)18/h3-4,10,15H,5-7H2,1-2H3,(H,17,18)/t10-/m1/s1. The second kappa shape index (κ2) is 4.24. The number of aromatic nitrogens is 1. The number of pyridine rings is 1. The number of nitrogens with zero attached hydrogens (tertiary/aromatic N) is 1. The van der Waals surface area contributed by atoms with E-state index in [2.05, 4.69) is 0 Å².